The van der Waals surface area contributed by atoms with Crippen LogP contribution in [0.2, 0.25) is 0 Å². The van der Waals surface area contributed by atoms with E-state index in [1.165, 1.54) is 12.1 Å². The second-order valence-corrected chi connectivity index (χ2v) is 24.1. The third-order valence-corrected chi connectivity index (χ3v) is 17.8. The smallest absolute Gasteiger partial charge is 0.349 e. The number of nitrogens with zero attached hydrogens (tertiary/aromatic N) is 3. The highest BCUT2D eigenvalue weighted by Gasteiger charge is 2.59. The number of hydrogen-bond acceptors (Lipinski definition) is 36. The molecule has 1 aromatic carbocycles. The molecule has 37 nitrogen and oxygen atoms in total. The summed E-state index contributed by atoms with van der Waals surface area (Å²) in [6.45, 7) is -6.14. The van der Waals surface area contributed by atoms with Gasteiger partial charge in [-0.3, -0.25) is 19.7 Å². The fraction of sp³-hybridized carbons (Fsp3) is 0.661. The molecule has 22 fully saturated rings. The fourth-order valence-electron chi connectivity index (χ4n) is 12.7. The Morgan fingerprint density at radius 1 is 0.417 bits per heavy atom. The number of phenols is 1. The van der Waals surface area contributed by atoms with Crippen molar-refractivity contribution in [3.8, 4) is 5.75 Å². The minimum Gasteiger partial charge on any atom is -0.507 e. The molecule has 22 aliphatic heterocycles. The molecule has 96 heavy (non-hydrogen) atoms. The molecule has 1 amide bonds. The van der Waals surface area contributed by atoms with Crippen molar-refractivity contribution in [1.82, 2.24) is 20.2 Å². The zero-order valence-corrected chi connectivity index (χ0v) is 50.6. The van der Waals surface area contributed by atoms with Crippen LogP contribution in [0.1, 0.15) is 27.3 Å². The van der Waals surface area contributed by atoms with E-state index >= 15 is 0 Å². The van der Waals surface area contributed by atoms with Gasteiger partial charge in [0, 0.05) is 37.4 Å². The first-order valence-corrected chi connectivity index (χ1v) is 30.7. The maximum atomic E-state index is 14.8. The van der Waals surface area contributed by atoms with Gasteiger partial charge >= 0.3 is 5.63 Å². The Labute approximate surface area is 542 Å². The first-order chi connectivity index (χ1) is 46.1. The van der Waals surface area contributed by atoms with E-state index in [2.05, 4.69) is 15.3 Å². The number of fused-ring (bicyclic) bond motifs is 1. The lowest BCUT2D eigenvalue weighted by molar-refractivity contribution is -0.401. The van der Waals surface area contributed by atoms with E-state index in [4.69, 9.17) is 61.3 Å². The Kier molecular flexibility index (Phi) is 23.4. The van der Waals surface area contributed by atoms with E-state index < -0.39 is 241 Å². The minimum absolute atomic E-state index is 0.0646. The van der Waals surface area contributed by atoms with Gasteiger partial charge in [0.2, 0.25) is 0 Å². The molecule has 0 radical (unpaired) electrons. The van der Waals surface area contributed by atoms with Crippen molar-refractivity contribution >= 4 is 16.9 Å². The lowest BCUT2D eigenvalue weighted by atomic mass is 9.93. The zero-order chi connectivity index (χ0) is 68.5. The second-order valence-electron chi connectivity index (χ2n) is 24.1. The number of amides is 1. The van der Waals surface area contributed by atoms with Crippen molar-refractivity contribution in [3.63, 3.8) is 0 Å². The molecule has 37 heteroatoms. The van der Waals surface area contributed by atoms with Crippen LogP contribution in [0.5, 0.6) is 5.75 Å². The lowest BCUT2D eigenvalue weighted by Crippen LogP contribution is -2.70. The number of aliphatic hydroxyl groups is 17. The summed E-state index contributed by atoms with van der Waals surface area (Å²) >= 11 is 0. The third kappa shape index (κ3) is 14.7. The first-order valence-electron chi connectivity index (χ1n) is 30.7. The summed E-state index contributed by atoms with van der Waals surface area (Å²) in [5, 5.41) is 206. The summed E-state index contributed by atoms with van der Waals surface area (Å²) in [6, 6.07) is 12.3. The minimum atomic E-state index is -2.34. The molecule has 22 aliphatic rings. The van der Waals surface area contributed by atoms with E-state index in [1.807, 2.05) is 4.90 Å². The summed E-state index contributed by atoms with van der Waals surface area (Å²) < 4.78 is 76.0. The molecule has 4 aromatic rings. The quantitative estimate of drug-likeness (QED) is 0.0521. The summed E-state index contributed by atoms with van der Waals surface area (Å²) in [5.41, 5.74) is -0.797. The van der Waals surface area contributed by atoms with Crippen molar-refractivity contribution in [2.75, 3.05) is 39.6 Å². The molecule has 30 atom stereocenters. The van der Waals surface area contributed by atoms with Crippen LogP contribution in [0, 0.1) is 0 Å². The van der Waals surface area contributed by atoms with Crippen LogP contribution in [-0.4, -0.2) is 337 Å². The highest BCUT2D eigenvalue weighted by Crippen LogP contribution is 2.39. The number of pyridine rings is 2. The number of aromatic hydroxyl groups is 1. The van der Waals surface area contributed by atoms with Crippen LogP contribution in [0.15, 0.2) is 76.2 Å². The van der Waals surface area contributed by atoms with Crippen LogP contribution >= 0.6 is 0 Å². The third-order valence-electron chi connectivity index (χ3n) is 17.8. The molecule has 26 rings (SSSR count). The molecule has 25 heterocycles. The number of aromatic nitrogens is 2. The second kappa shape index (κ2) is 31.1. The standard InChI is InChI=1S/C59H78N4O33/c64-15-27-46-33(62-52(82)24-11-21-7-8-26(70)25(45(21)90-53(24)83)14-63(12-22-5-1-3-9-60-22)13-23-6-2-4-10-61-23)34(71)54(84-27)92-47-28(16-65)86-56(41(78)36(47)73)94-49-30(18-67)88-58(43(80)38(49)75)96-51-32(20-69)89-59(44(81)39(51)76)95-50-31(19-68)87-57(42(79)37(50)74)93-48-29(17-66)85-55(91-46)40(77)35(48)72/h1-11,27-44,46-51,54-59,64-81H,12-20H2,(H,62,82)/t27-,28-,29-,30-,31-,32-,33-,34-,35-,36-,37-,38-,39-,40-,41-,42-,43-,44-,46-,47-,48-,49-,50-,51-,54-,55-,56-,57-,58-,59-/m1/s1. The zero-order valence-electron chi connectivity index (χ0n) is 50.6. The molecular formula is C59H78N4O33. The van der Waals surface area contributed by atoms with Crippen molar-refractivity contribution < 1.29 is 158 Å². The highest BCUT2D eigenvalue weighted by atomic mass is 16.8. The van der Waals surface area contributed by atoms with Crippen LogP contribution in [0.3, 0.4) is 0 Å². The lowest BCUT2D eigenvalue weighted by Gasteiger charge is -2.51. The Balaban J connectivity index is 0.920. The maximum absolute atomic E-state index is 14.8. The summed E-state index contributed by atoms with van der Waals surface area (Å²) in [5.74, 6) is -1.63. The van der Waals surface area contributed by atoms with Gasteiger partial charge in [-0.25, -0.2) is 4.79 Å². The SMILES string of the molecule is O=C(N[C@@H]1[C@@H](O)[C@H]2O[C@H]3[C@H](O)[C@@H](O)[C@@H](O[C@H]4[C@H](O)[C@@H](O)[C@@H](O[C@H]5[C@H](O)[C@@H](O)[C@@H](O[C@H]6[C@H](O)[C@@H](O)[C@@H](O[C@H]7[C@H](O)[C@@H](O)[C@@H](O[C@@H]1[C@@H](CO)O2)O[C@@H]7CO)O[C@@H]6CO)O[C@@H]5CO)O[C@@H]4CO)O[C@@H]3CO)c1cc2ccc(O)c(CN(Cc3ccccn3)Cc3ccccn3)c2oc1=O. The number of rotatable bonds is 14. The van der Waals surface area contributed by atoms with Crippen molar-refractivity contribution in [1.29, 1.82) is 0 Å². The van der Waals surface area contributed by atoms with Gasteiger partial charge in [0.15, 0.2) is 37.7 Å². The van der Waals surface area contributed by atoms with E-state index in [0.29, 0.717) is 11.4 Å². The normalized spacial score (nSPS) is 41.7. The number of benzene rings is 1. The van der Waals surface area contributed by atoms with Gasteiger partial charge in [0.25, 0.3) is 5.91 Å². The van der Waals surface area contributed by atoms with Gasteiger partial charge in [-0.2, -0.15) is 0 Å². The van der Waals surface area contributed by atoms with Gasteiger partial charge < -0.3 is 158 Å². The van der Waals surface area contributed by atoms with Crippen LogP contribution in [0.4, 0.5) is 0 Å². The van der Waals surface area contributed by atoms with Gasteiger partial charge in [-0.1, -0.05) is 12.1 Å². The predicted molar refractivity (Wildman–Crippen MR) is 307 cm³/mol. The number of carbonyl (C=O) groups excluding carboxylic acids is 1. The average Bonchev–Trinajstić information content (AvgIpc) is 0.782. The largest absolute Gasteiger partial charge is 0.507 e. The molecule has 0 spiro atoms. The van der Waals surface area contributed by atoms with E-state index in [9.17, 15) is 102 Å². The molecule has 3 aromatic heterocycles. The number of ether oxygens (including phenoxy) is 12. The number of hydrogen-bond donors (Lipinski definition) is 19. The monoisotopic (exact) mass is 1370 g/mol. The van der Waals surface area contributed by atoms with E-state index in [1.54, 1.807) is 48.8 Å². The van der Waals surface area contributed by atoms with Crippen LogP contribution in [-0.2, 0) is 76.5 Å². The average molecular weight is 1370 g/mol. The van der Waals surface area contributed by atoms with Gasteiger partial charge in [0.05, 0.1) is 62.6 Å². The molecule has 12 bridgehead atoms. The molecule has 19 N–H and O–H groups in total. The van der Waals surface area contributed by atoms with E-state index in [0.717, 1.165) is 6.07 Å². The first kappa shape index (κ1) is 72.1. The van der Waals surface area contributed by atoms with Crippen molar-refractivity contribution in [3.05, 3.63) is 99.9 Å². The highest BCUT2D eigenvalue weighted by molar-refractivity contribution is 5.97. The van der Waals surface area contributed by atoms with Gasteiger partial charge in [0.1, 0.15) is 157 Å². The molecule has 0 aliphatic carbocycles. The Hall–Kier alpha value is -5.20. The van der Waals surface area contributed by atoms with Crippen molar-refractivity contribution in [2.45, 2.75) is 204 Å². The van der Waals surface area contributed by atoms with E-state index in [-0.39, 0.29) is 41.9 Å². The topological polar surface area (TPSA) is 563 Å². The number of nitrogens with one attached hydrogen (secondary N) is 1. The van der Waals surface area contributed by atoms with Gasteiger partial charge in [-0.05, 0) is 42.5 Å². The molecule has 532 valence electrons. The summed E-state index contributed by atoms with van der Waals surface area (Å²) in [4.78, 5) is 39.7. The van der Waals surface area contributed by atoms with Crippen LogP contribution < -0.4 is 10.9 Å². The van der Waals surface area contributed by atoms with Gasteiger partial charge in [-0.15, -0.1) is 0 Å². The molecule has 22 saturated heterocycles. The fourth-order valence-corrected chi connectivity index (χ4v) is 12.7. The Morgan fingerprint density at radius 2 is 0.750 bits per heavy atom. The maximum Gasteiger partial charge on any atom is 0.349 e. The summed E-state index contributed by atoms with van der Waals surface area (Å²) in [6.07, 6.45) is -56.7. The molecular weight excluding hydrogens is 1290 g/mol. The van der Waals surface area contributed by atoms with Crippen LogP contribution in [0.25, 0.3) is 11.0 Å². The number of carbonyl (C=O) groups is 1. The Bertz CT molecular complexity index is 3190. The summed E-state index contributed by atoms with van der Waals surface area (Å²) in [7, 11) is 0. The Morgan fingerprint density at radius 3 is 1.08 bits per heavy atom. The molecule has 0 unspecified atom stereocenters. The number of phenolic OH excluding ortho intramolecular Hbond substituents is 1. The predicted octanol–water partition coefficient (Wildman–Crippen LogP) is -9.81. The number of aliphatic hydroxyl groups excluding tert-OH is 17. The molecule has 0 saturated carbocycles. The van der Waals surface area contributed by atoms with Crippen molar-refractivity contribution in [2.24, 2.45) is 0 Å².